The Labute approximate surface area is 315 Å². The molecule has 0 saturated carbocycles. The van der Waals surface area contributed by atoms with Crippen LogP contribution >= 0.6 is 11.5 Å². The molecule has 0 spiro atoms. The van der Waals surface area contributed by atoms with E-state index in [0.29, 0.717) is 0 Å². The monoisotopic (exact) mass is 702 g/mol. The smallest absolute Gasteiger partial charge is 0.173 e. The zero-order valence-corrected chi connectivity index (χ0v) is 30.8. The third-order valence-electron chi connectivity index (χ3n) is 9.95. The minimum absolute atomic E-state index is 0.0504. The molecule has 5 heteroatoms. The van der Waals surface area contributed by atoms with Crippen LogP contribution in [0.15, 0.2) is 176 Å². The van der Waals surface area contributed by atoms with Crippen molar-refractivity contribution in [1.82, 2.24) is 9.36 Å². The second-order valence-corrected chi connectivity index (χ2v) is 15.2. The number of aromatic nitrogens is 2. The number of benzene rings is 7. The summed E-state index contributed by atoms with van der Waals surface area (Å²) in [4.78, 5) is 9.84. The van der Waals surface area contributed by atoms with Crippen molar-refractivity contribution in [2.75, 3.05) is 9.80 Å². The standard InChI is InChI=1S/C48H38N4S/c1-48(2,3)39-18-12-17-38(31-39)47-49-46(50-53-47)37-25-30-44-45(32-37)52(41-28-23-36(24-29-41)34-15-8-5-9-16-34)43-20-11-10-19-42(43)51(44)40-26-21-35(22-27-40)33-13-6-4-7-14-33/h4-32H,1-3H3. The number of hydrogen-bond acceptors (Lipinski definition) is 5. The average Bonchev–Trinajstić information content (AvgIpc) is 3.71. The van der Waals surface area contributed by atoms with Crippen molar-refractivity contribution in [2.24, 2.45) is 0 Å². The number of para-hydroxylation sites is 2. The summed E-state index contributed by atoms with van der Waals surface area (Å²) in [5.41, 5.74) is 14.7. The summed E-state index contributed by atoms with van der Waals surface area (Å²) in [6.07, 6.45) is 0. The van der Waals surface area contributed by atoms with Gasteiger partial charge in [-0.3, -0.25) is 0 Å². The third-order valence-corrected chi connectivity index (χ3v) is 10.7. The van der Waals surface area contributed by atoms with Crippen molar-refractivity contribution >= 4 is 45.7 Å². The normalized spacial score (nSPS) is 12.4. The third kappa shape index (κ3) is 6.19. The summed E-state index contributed by atoms with van der Waals surface area (Å²) in [5.74, 6) is 0.728. The first kappa shape index (κ1) is 32.6. The summed E-state index contributed by atoms with van der Waals surface area (Å²) < 4.78 is 4.90. The van der Waals surface area contributed by atoms with Gasteiger partial charge >= 0.3 is 0 Å². The van der Waals surface area contributed by atoms with E-state index in [4.69, 9.17) is 9.36 Å². The van der Waals surface area contributed by atoms with Crippen LogP contribution in [-0.4, -0.2) is 9.36 Å². The van der Waals surface area contributed by atoms with Crippen LogP contribution in [0.1, 0.15) is 26.3 Å². The molecule has 0 unspecified atom stereocenters. The lowest BCUT2D eigenvalue weighted by molar-refractivity contribution is 0.590. The van der Waals surface area contributed by atoms with E-state index in [1.54, 1.807) is 0 Å². The van der Waals surface area contributed by atoms with Gasteiger partial charge in [0, 0.05) is 22.5 Å². The average molecular weight is 703 g/mol. The van der Waals surface area contributed by atoms with Crippen molar-refractivity contribution in [1.29, 1.82) is 0 Å². The number of nitrogens with zero attached hydrogens (tertiary/aromatic N) is 4. The van der Waals surface area contributed by atoms with E-state index in [1.165, 1.54) is 39.3 Å². The Morgan fingerprint density at radius 1 is 0.415 bits per heavy atom. The maximum atomic E-state index is 5.10. The fourth-order valence-corrected chi connectivity index (χ4v) is 7.81. The lowest BCUT2D eigenvalue weighted by atomic mass is 9.86. The van der Waals surface area contributed by atoms with Crippen molar-refractivity contribution in [3.63, 3.8) is 0 Å². The van der Waals surface area contributed by atoms with E-state index >= 15 is 0 Å². The molecule has 256 valence electrons. The summed E-state index contributed by atoms with van der Waals surface area (Å²) in [5, 5.41) is 0.919. The highest BCUT2D eigenvalue weighted by Crippen LogP contribution is 2.55. The molecule has 0 aliphatic carbocycles. The summed E-state index contributed by atoms with van der Waals surface area (Å²) >= 11 is 1.45. The predicted octanol–water partition coefficient (Wildman–Crippen LogP) is 13.8. The SMILES string of the molecule is CC(C)(C)c1cccc(-c2nc(-c3ccc4c(c3)N(c3ccc(-c5ccccc5)cc3)c3ccccc3N4c3ccc(-c4ccccc4)cc3)ns2)c1. The predicted molar refractivity (Wildman–Crippen MR) is 223 cm³/mol. The number of fused-ring (bicyclic) bond motifs is 2. The van der Waals surface area contributed by atoms with Crippen LogP contribution < -0.4 is 9.80 Å². The van der Waals surface area contributed by atoms with Crippen molar-refractivity contribution in [3.05, 3.63) is 181 Å². The largest absolute Gasteiger partial charge is 0.306 e. The van der Waals surface area contributed by atoms with Gasteiger partial charge in [-0.25, -0.2) is 4.98 Å². The Hall–Kier alpha value is -6.30. The first-order chi connectivity index (χ1) is 25.9. The van der Waals surface area contributed by atoms with Crippen molar-refractivity contribution < 1.29 is 0 Å². The molecular weight excluding hydrogens is 665 g/mol. The molecule has 0 bridgehead atoms. The van der Waals surface area contributed by atoms with Crippen LogP contribution in [0.5, 0.6) is 0 Å². The Kier molecular flexibility index (Phi) is 8.21. The van der Waals surface area contributed by atoms with E-state index in [-0.39, 0.29) is 5.41 Å². The molecule has 0 N–H and O–H groups in total. The highest BCUT2D eigenvalue weighted by molar-refractivity contribution is 7.09. The van der Waals surface area contributed by atoms with Crippen molar-refractivity contribution in [3.8, 4) is 44.2 Å². The van der Waals surface area contributed by atoms with Gasteiger partial charge in [0.25, 0.3) is 0 Å². The molecule has 1 aliphatic rings. The van der Waals surface area contributed by atoms with E-state index in [1.807, 2.05) is 0 Å². The van der Waals surface area contributed by atoms with Gasteiger partial charge in [-0.2, -0.15) is 4.37 Å². The first-order valence-corrected chi connectivity index (χ1v) is 18.8. The van der Waals surface area contributed by atoms with Gasteiger partial charge < -0.3 is 9.80 Å². The fraction of sp³-hybridized carbons (Fsp3) is 0.0833. The molecule has 9 rings (SSSR count). The highest BCUT2D eigenvalue weighted by atomic mass is 32.1. The van der Waals surface area contributed by atoms with Crippen LogP contribution in [0.25, 0.3) is 44.2 Å². The maximum absolute atomic E-state index is 5.10. The first-order valence-electron chi connectivity index (χ1n) is 18.0. The van der Waals surface area contributed by atoms with Crippen LogP contribution in [-0.2, 0) is 5.41 Å². The van der Waals surface area contributed by atoms with Gasteiger partial charge in [-0.05, 0) is 105 Å². The van der Waals surface area contributed by atoms with E-state index in [0.717, 1.165) is 56.1 Å². The van der Waals surface area contributed by atoms with Gasteiger partial charge in [0.2, 0.25) is 0 Å². The molecule has 4 nitrogen and oxygen atoms in total. The molecule has 53 heavy (non-hydrogen) atoms. The molecule has 2 heterocycles. The molecule has 0 radical (unpaired) electrons. The number of rotatable bonds is 6. The van der Waals surface area contributed by atoms with Crippen LogP contribution in [0.2, 0.25) is 0 Å². The molecule has 0 amide bonds. The second-order valence-electron chi connectivity index (χ2n) is 14.4. The van der Waals surface area contributed by atoms with Gasteiger partial charge in [0.1, 0.15) is 5.01 Å². The highest BCUT2D eigenvalue weighted by Gasteiger charge is 2.31. The molecule has 1 aromatic heterocycles. The van der Waals surface area contributed by atoms with Gasteiger partial charge in [0.05, 0.1) is 22.7 Å². The molecule has 0 saturated heterocycles. The lowest BCUT2D eigenvalue weighted by Gasteiger charge is -2.40. The molecule has 0 fully saturated rings. The molecule has 7 aromatic carbocycles. The Morgan fingerprint density at radius 2 is 0.887 bits per heavy atom. The summed E-state index contributed by atoms with van der Waals surface area (Å²) in [6.45, 7) is 6.72. The second kappa shape index (κ2) is 13.4. The van der Waals surface area contributed by atoms with Gasteiger partial charge in [0.15, 0.2) is 5.82 Å². The van der Waals surface area contributed by atoms with E-state index < -0.39 is 0 Å². The maximum Gasteiger partial charge on any atom is 0.173 e. The topological polar surface area (TPSA) is 32.3 Å². The summed E-state index contributed by atoms with van der Waals surface area (Å²) in [6, 6.07) is 62.8. The molecular formula is C48H38N4S. The Balaban J connectivity index is 1.17. The van der Waals surface area contributed by atoms with Crippen molar-refractivity contribution in [2.45, 2.75) is 26.2 Å². The van der Waals surface area contributed by atoms with Gasteiger partial charge in [-0.15, -0.1) is 0 Å². The minimum Gasteiger partial charge on any atom is -0.306 e. The minimum atomic E-state index is 0.0504. The van der Waals surface area contributed by atoms with Gasteiger partial charge in [-0.1, -0.05) is 136 Å². The van der Waals surface area contributed by atoms with Crippen LogP contribution in [0, 0.1) is 0 Å². The summed E-state index contributed by atoms with van der Waals surface area (Å²) in [7, 11) is 0. The Bertz CT molecular complexity index is 2530. The van der Waals surface area contributed by atoms with E-state index in [9.17, 15) is 0 Å². The zero-order chi connectivity index (χ0) is 35.9. The number of anilines is 6. The lowest BCUT2D eigenvalue weighted by Crippen LogP contribution is -2.24. The molecule has 8 aromatic rings. The zero-order valence-electron chi connectivity index (χ0n) is 29.9. The Morgan fingerprint density at radius 3 is 1.45 bits per heavy atom. The van der Waals surface area contributed by atoms with E-state index in [2.05, 4.69) is 206 Å². The van der Waals surface area contributed by atoms with Crippen LogP contribution in [0.3, 0.4) is 0 Å². The molecule has 1 aliphatic heterocycles. The number of hydrogen-bond donors (Lipinski definition) is 0. The molecule has 0 atom stereocenters. The quantitative estimate of drug-likeness (QED) is 0.173. The fourth-order valence-electron chi connectivity index (χ4n) is 7.13. The van der Waals surface area contributed by atoms with Crippen LogP contribution in [0.4, 0.5) is 34.1 Å².